The molecule has 2 nitrogen and oxygen atoms in total. The van der Waals surface area contributed by atoms with E-state index in [1.54, 1.807) is 32.1 Å². The molecule has 4 fully saturated rings. The van der Waals surface area contributed by atoms with Crippen LogP contribution in [0.1, 0.15) is 45.4 Å². The maximum Gasteiger partial charge on any atom is 0.00508 e. The fourth-order valence-electron chi connectivity index (χ4n) is 5.06. The van der Waals surface area contributed by atoms with Crippen molar-refractivity contribution in [2.75, 3.05) is 13.1 Å². The monoisotopic (exact) mass is 236 g/mol. The molecule has 0 aromatic rings. The van der Waals surface area contributed by atoms with Gasteiger partial charge in [-0.1, -0.05) is 0 Å². The molecular weight excluding hydrogens is 208 g/mol. The van der Waals surface area contributed by atoms with E-state index in [0.717, 1.165) is 42.6 Å². The molecule has 0 saturated heterocycles. The summed E-state index contributed by atoms with van der Waals surface area (Å²) in [6.07, 6.45) is 8.87. The summed E-state index contributed by atoms with van der Waals surface area (Å²) in [7, 11) is 0. The van der Waals surface area contributed by atoms with Gasteiger partial charge in [-0.3, -0.25) is 0 Å². The van der Waals surface area contributed by atoms with Crippen LogP contribution in [0.3, 0.4) is 0 Å². The summed E-state index contributed by atoms with van der Waals surface area (Å²) in [4.78, 5) is 0. The van der Waals surface area contributed by atoms with Crippen LogP contribution in [-0.4, -0.2) is 19.1 Å². The topological polar surface area (TPSA) is 38.0 Å². The molecule has 2 heteroatoms. The summed E-state index contributed by atoms with van der Waals surface area (Å²) in [6.45, 7) is 4.36. The smallest absolute Gasteiger partial charge is 0.00508 e. The van der Waals surface area contributed by atoms with Crippen molar-refractivity contribution in [3.8, 4) is 0 Å². The SMILES string of the molecule is CC(CCN)NCC1C2CC3CC(C2)CC1C3. The first-order valence-electron chi connectivity index (χ1n) is 7.69. The number of nitrogens with two attached hydrogens (primary N) is 1. The summed E-state index contributed by atoms with van der Waals surface area (Å²) >= 11 is 0. The molecule has 3 N–H and O–H groups in total. The zero-order valence-electron chi connectivity index (χ0n) is 11.2. The van der Waals surface area contributed by atoms with E-state index in [1.165, 1.54) is 6.54 Å². The lowest BCUT2D eigenvalue weighted by atomic mass is 9.52. The minimum absolute atomic E-state index is 0.609. The van der Waals surface area contributed by atoms with Gasteiger partial charge in [0.2, 0.25) is 0 Å². The van der Waals surface area contributed by atoms with Gasteiger partial charge < -0.3 is 11.1 Å². The van der Waals surface area contributed by atoms with Gasteiger partial charge in [0.1, 0.15) is 0 Å². The lowest BCUT2D eigenvalue weighted by molar-refractivity contribution is -0.0362. The molecule has 0 heterocycles. The molecule has 0 aromatic carbocycles. The third-order valence-corrected chi connectivity index (χ3v) is 5.72. The predicted molar refractivity (Wildman–Crippen MR) is 71.7 cm³/mol. The largest absolute Gasteiger partial charge is 0.330 e. The standard InChI is InChI=1S/C15H28N2/c1-10(2-3-16)17-9-15-13-5-11-4-12(7-13)8-14(15)6-11/h10-15,17H,2-9,16H2,1H3. The molecule has 0 radical (unpaired) electrons. The van der Waals surface area contributed by atoms with E-state index < -0.39 is 0 Å². The van der Waals surface area contributed by atoms with E-state index in [2.05, 4.69) is 12.2 Å². The van der Waals surface area contributed by atoms with Gasteiger partial charge in [-0.2, -0.15) is 0 Å². The Bertz CT molecular complexity index is 236. The molecule has 0 aliphatic heterocycles. The van der Waals surface area contributed by atoms with Crippen molar-refractivity contribution in [2.24, 2.45) is 35.3 Å². The molecule has 98 valence electrons. The van der Waals surface area contributed by atoms with Crippen LogP contribution in [0.15, 0.2) is 0 Å². The highest BCUT2D eigenvalue weighted by Crippen LogP contribution is 2.56. The molecule has 4 aliphatic rings. The highest BCUT2D eigenvalue weighted by molar-refractivity contribution is 4.98. The van der Waals surface area contributed by atoms with Crippen LogP contribution in [-0.2, 0) is 0 Å². The Morgan fingerprint density at radius 3 is 2.18 bits per heavy atom. The summed E-state index contributed by atoms with van der Waals surface area (Å²) in [5.41, 5.74) is 5.61. The average molecular weight is 236 g/mol. The van der Waals surface area contributed by atoms with Crippen LogP contribution in [0.25, 0.3) is 0 Å². The maximum absolute atomic E-state index is 5.61. The number of hydrogen-bond acceptors (Lipinski definition) is 2. The van der Waals surface area contributed by atoms with E-state index in [-0.39, 0.29) is 0 Å². The van der Waals surface area contributed by atoms with E-state index in [0.29, 0.717) is 6.04 Å². The Morgan fingerprint density at radius 2 is 1.65 bits per heavy atom. The fraction of sp³-hybridized carbons (Fsp3) is 1.00. The first kappa shape index (κ1) is 12.0. The first-order valence-corrected chi connectivity index (χ1v) is 7.69. The number of nitrogens with one attached hydrogen (secondary N) is 1. The summed E-state index contributed by atoms with van der Waals surface area (Å²) in [5, 5.41) is 3.73. The van der Waals surface area contributed by atoms with Crippen LogP contribution in [0.2, 0.25) is 0 Å². The number of hydrogen-bond donors (Lipinski definition) is 2. The van der Waals surface area contributed by atoms with Gasteiger partial charge in [-0.15, -0.1) is 0 Å². The third-order valence-electron chi connectivity index (χ3n) is 5.72. The Hall–Kier alpha value is -0.0800. The third kappa shape index (κ3) is 2.39. The van der Waals surface area contributed by atoms with Crippen LogP contribution in [0, 0.1) is 29.6 Å². The fourth-order valence-corrected chi connectivity index (χ4v) is 5.06. The number of rotatable bonds is 5. The van der Waals surface area contributed by atoms with Crippen LogP contribution in [0.5, 0.6) is 0 Å². The van der Waals surface area contributed by atoms with Crippen LogP contribution in [0.4, 0.5) is 0 Å². The van der Waals surface area contributed by atoms with Crippen molar-refractivity contribution in [3.05, 3.63) is 0 Å². The molecule has 17 heavy (non-hydrogen) atoms. The Kier molecular flexibility index (Phi) is 3.45. The van der Waals surface area contributed by atoms with Gasteiger partial charge in [0.15, 0.2) is 0 Å². The van der Waals surface area contributed by atoms with Crippen molar-refractivity contribution in [1.82, 2.24) is 5.32 Å². The van der Waals surface area contributed by atoms with Gasteiger partial charge in [0, 0.05) is 6.04 Å². The van der Waals surface area contributed by atoms with E-state index in [4.69, 9.17) is 5.73 Å². The van der Waals surface area contributed by atoms with Crippen LogP contribution < -0.4 is 11.1 Å². The molecule has 4 aliphatic carbocycles. The summed E-state index contributed by atoms with van der Waals surface area (Å²) in [5.74, 6) is 5.32. The minimum atomic E-state index is 0.609. The molecule has 0 amide bonds. The zero-order valence-corrected chi connectivity index (χ0v) is 11.2. The molecule has 4 rings (SSSR count). The normalized spacial score (nSPS) is 45.2. The average Bonchev–Trinajstić information content (AvgIpc) is 2.27. The van der Waals surface area contributed by atoms with Crippen LogP contribution >= 0.6 is 0 Å². The van der Waals surface area contributed by atoms with Gasteiger partial charge in [0.05, 0.1) is 0 Å². The van der Waals surface area contributed by atoms with E-state index in [1.807, 2.05) is 0 Å². The second-order valence-electron chi connectivity index (χ2n) is 6.98. The first-order chi connectivity index (χ1) is 8.26. The lowest BCUT2D eigenvalue weighted by Crippen LogP contribution is -2.49. The van der Waals surface area contributed by atoms with E-state index in [9.17, 15) is 0 Å². The van der Waals surface area contributed by atoms with Crippen molar-refractivity contribution < 1.29 is 0 Å². The molecule has 0 spiro atoms. The van der Waals surface area contributed by atoms with Gasteiger partial charge in [0.25, 0.3) is 0 Å². The van der Waals surface area contributed by atoms with Crippen molar-refractivity contribution >= 4 is 0 Å². The van der Waals surface area contributed by atoms with Crippen molar-refractivity contribution in [2.45, 2.75) is 51.5 Å². The maximum atomic E-state index is 5.61. The van der Waals surface area contributed by atoms with Gasteiger partial charge in [-0.05, 0) is 88.1 Å². The van der Waals surface area contributed by atoms with Crippen molar-refractivity contribution in [1.29, 1.82) is 0 Å². The lowest BCUT2D eigenvalue weighted by Gasteiger charge is -2.54. The second-order valence-corrected chi connectivity index (χ2v) is 6.98. The Balaban J connectivity index is 1.54. The van der Waals surface area contributed by atoms with E-state index >= 15 is 0 Å². The molecular formula is C15H28N2. The molecule has 1 unspecified atom stereocenters. The zero-order chi connectivity index (χ0) is 11.8. The molecule has 4 saturated carbocycles. The van der Waals surface area contributed by atoms with Gasteiger partial charge in [-0.25, -0.2) is 0 Å². The summed E-state index contributed by atoms with van der Waals surface area (Å²) < 4.78 is 0. The highest BCUT2D eigenvalue weighted by atomic mass is 14.9. The highest BCUT2D eigenvalue weighted by Gasteiger charge is 2.47. The molecule has 4 bridgehead atoms. The quantitative estimate of drug-likeness (QED) is 0.769. The Labute approximate surface area is 106 Å². The predicted octanol–water partition coefficient (Wildman–Crippen LogP) is 2.39. The van der Waals surface area contributed by atoms with Gasteiger partial charge >= 0.3 is 0 Å². The molecule has 1 atom stereocenters. The van der Waals surface area contributed by atoms with Crippen molar-refractivity contribution in [3.63, 3.8) is 0 Å². The second kappa shape index (κ2) is 4.89. The minimum Gasteiger partial charge on any atom is -0.330 e. The molecule has 0 aromatic heterocycles. The summed E-state index contributed by atoms with van der Waals surface area (Å²) in [6, 6.07) is 0.609. The Morgan fingerprint density at radius 1 is 1.06 bits per heavy atom.